The minimum Gasteiger partial charge on any atom is -0.370 e. The van der Waals surface area contributed by atoms with Crippen LogP contribution in [0.25, 0.3) is 0 Å². The molecule has 0 unspecified atom stereocenters. The molecule has 0 aliphatic heterocycles. The molecule has 1 amide bonds. The van der Waals surface area contributed by atoms with Crippen LogP contribution in [0, 0.1) is 5.82 Å². The summed E-state index contributed by atoms with van der Waals surface area (Å²) in [5.41, 5.74) is 5.80. The lowest BCUT2D eigenvalue weighted by Crippen LogP contribution is -2.21. The fourth-order valence-corrected chi connectivity index (χ4v) is 1.67. The van der Waals surface area contributed by atoms with Gasteiger partial charge in [-0.3, -0.25) is 4.79 Å². The first-order valence-corrected chi connectivity index (χ1v) is 5.31. The SMILES string of the molecule is NC(=O)CCNCc1cc(F)cc(Br)c1. The molecule has 3 nitrogen and oxygen atoms in total. The largest absolute Gasteiger partial charge is 0.370 e. The summed E-state index contributed by atoms with van der Waals surface area (Å²) in [6, 6.07) is 4.66. The Hall–Kier alpha value is -0.940. The molecule has 0 saturated heterocycles. The van der Waals surface area contributed by atoms with Crippen molar-refractivity contribution in [2.45, 2.75) is 13.0 Å². The third-order valence-electron chi connectivity index (χ3n) is 1.80. The number of amides is 1. The summed E-state index contributed by atoms with van der Waals surface area (Å²) in [4.78, 5) is 10.4. The summed E-state index contributed by atoms with van der Waals surface area (Å²) in [5, 5.41) is 3.00. The van der Waals surface area contributed by atoms with Gasteiger partial charge in [0, 0.05) is 24.0 Å². The van der Waals surface area contributed by atoms with E-state index in [1.807, 2.05) is 6.07 Å². The van der Waals surface area contributed by atoms with Gasteiger partial charge in [0.25, 0.3) is 0 Å². The van der Waals surface area contributed by atoms with Crippen LogP contribution in [0.2, 0.25) is 0 Å². The highest BCUT2D eigenvalue weighted by Crippen LogP contribution is 2.14. The maximum Gasteiger partial charge on any atom is 0.218 e. The molecule has 0 aliphatic carbocycles. The number of benzene rings is 1. The first kappa shape index (κ1) is 12.1. The normalized spacial score (nSPS) is 10.3. The minimum atomic E-state index is -0.345. The Morgan fingerprint density at radius 1 is 1.47 bits per heavy atom. The highest BCUT2D eigenvalue weighted by atomic mass is 79.9. The Balaban J connectivity index is 2.40. The minimum absolute atomic E-state index is 0.281. The lowest BCUT2D eigenvalue weighted by atomic mass is 10.2. The number of primary amides is 1. The average molecular weight is 275 g/mol. The zero-order chi connectivity index (χ0) is 11.3. The van der Waals surface area contributed by atoms with E-state index in [9.17, 15) is 9.18 Å². The van der Waals surface area contributed by atoms with E-state index in [2.05, 4.69) is 21.2 Å². The molecule has 5 heteroatoms. The molecule has 0 aliphatic rings. The van der Waals surface area contributed by atoms with Gasteiger partial charge in [-0.05, 0) is 23.8 Å². The highest BCUT2D eigenvalue weighted by Gasteiger charge is 1.99. The summed E-state index contributed by atoms with van der Waals surface area (Å²) in [7, 11) is 0. The van der Waals surface area contributed by atoms with E-state index in [1.54, 1.807) is 0 Å². The zero-order valence-corrected chi connectivity index (χ0v) is 9.68. The Morgan fingerprint density at radius 2 is 2.20 bits per heavy atom. The van der Waals surface area contributed by atoms with E-state index in [1.165, 1.54) is 12.1 Å². The van der Waals surface area contributed by atoms with E-state index in [-0.39, 0.29) is 18.1 Å². The molecule has 0 aromatic heterocycles. The van der Waals surface area contributed by atoms with Gasteiger partial charge < -0.3 is 11.1 Å². The number of halogens is 2. The molecule has 82 valence electrons. The average Bonchev–Trinajstić information content (AvgIpc) is 2.10. The van der Waals surface area contributed by atoms with Gasteiger partial charge in [-0.25, -0.2) is 4.39 Å². The fourth-order valence-electron chi connectivity index (χ4n) is 1.16. The highest BCUT2D eigenvalue weighted by molar-refractivity contribution is 9.10. The van der Waals surface area contributed by atoms with Crippen LogP contribution in [0.5, 0.6) is 0 Å². The lowest BCUT2D eigenvalue weighted by Gasteiger charge is -2.04. The second-order valence-corrected chi connectivity index (χ2v) is 4.09. The van der Waals surface area contributed by atoms with Crippen molar-refractivity contribution in [3.63, 3.8) is 0 Å². The van der Waals surface area contributed by atoms with Gasteiger partial charge in [-0.2, -0.15) is 0 Å². The van der Waals surface area contributed by atoms with Crippen LogP contribution in [0.15, 0.2) is 22.7 Å². The van der Waals surface area contributed by atoms with E-state index in [0.29, 0.717) is 17.6 Å². The fraction of sp³-hybridized carbons (Fsp3) is 0.300. The molecule has 0 radical (unpaired) electrons. The van der Waals surface area contributed by atoms with Crippen molar-refractivity contribution in [2.75, 3.05) is 6.54 Å². The first-order valence-electron chi connectivity index (χ1n) is 4.52. The Morgan fingerprint density at radius 3 is 2.80 bits per heavy atom. The smallest absolute Gasteiger partial charge is 0.218 e. The van der Waals surface area contributed by atoms with E-state index >= 15 is 0 Å². The molecule has 1 aromatic rings. The number of hydrogen-bond acceptors (Lipinski definition) is 2. The van der Waals surface area contributed by atoms with Crippen LogP contribution >= 0.6 is 15.9 Å². The van der Waals surface area contributed by atoms with Crippen LogP contribution in [-0.2, 0) is 11.3 Å². The Labute approximate surface area is 96.0 Å². The molecule has 0 saturated carbocycles. The molecule has 0 heterocycles. The molecule has 3 N–H and O–H groups in total. The molecule has 0 spiro atoms. The van der Waals surface area contributed by atoms with Gasteiger partial charge in [0.1, 0.15) is 5.82 Å². The summed E-state index contributed by atoms with van der Waals surface area (Å²) >= 11 is 3.20. The van der Waals surface area contributed by atoms with Crippen molar-refractivity contribution in [2.24, 2.45) is 5.73 Å². The van der Waals surface area contributed by atoms with Crippen molar-refractivity contribution in [3.8, 4) is 0 Å². The number of nitrogens with one attached hydrogen (secondary N) is 1. The summed E-state index contributed by atoms with van der Waals surface area (Å²) in [6.45, 7) is 1.02. The number of nitrogens with two attached hydrogens (primary N) is 1. The van der Waals surface area contributed by atoms with Crippen molar-refractivity contribution >= 4 is 21.8 Å². The molecule has 0 fully saturated rings. The van der Waals surface area contributed by atoms with Crippen molar-refractivity contribution in [1.82, 2.24) is 5.32 Å². The molecular weight excluding hydrogens is 263 g/mol. The predicted molar refractivity (Wildman–Crippen MR) is 59.6 cm³/mol. The van der Waals surface area contributed by atoms with Crippen LogP contribution in [0.4, 0.5) is 4.39 Å². The quantitative estimate of drug-likeness (QED) is 0.801. The van der Waals surface area contributed by atoms with Gasteiger partial charge in [0.2, 0.25) is 5.91 Å². The van der Waals surface area contributed by atoms with Crippen LogP contribution < -0.4 is 11.1 Å². The predicted octanol–water partition coefficient (Wildman–Crippen LogP) is 1.55. The Bertz CT molecular complexity index is 337. The molecule has 0 bridgehead atoms. The van der Waals surface area contributed by atoms with Crippen LogP contribution in [-0.4, -0.2) is 12.5 Å². The molecular formula is C10H12BrFN2O. The first-order chi connectivity index (χ1) is 7.08. The molecule has 1 aromatic carbocycles. The molecule has 0 atom stereocenters. The summed E-state index contributed by atoms with van der Waals surface area (Å²) < 4.78 is 13.6. The number of carbonyl (C=O) groups excluding carboxylic acids is 1. The van der Waals surface area contributed by atoms with E-state index in [4.69, 9.17) is 5.73 Å². The van der Waals surface area contributed by atoms with Gasteiger partial charge in [-0.1, -0.05) is 15.9 Å². The van der Waals surface area contributed by atoms with Gasteiger partial charge >= 0.3 is 0 Å². The van der Waals surface area contributed by atoms with Gasteiger partial charge in [-0.15, -0.1) is 0 Å². The maximum absolute atomic E-state index is 12.9. The second kappa shape index (κ2) is 5.82. The van der Waals surface area contributed by atoms with Crippen molar-refractivity contribution < 1.29 is 9.18 Å². The maximum atomic E-state index is 12.9. The Kier molecular flexibility index (Phi) is 4.71. The molecule has 15 heavy (non-hydrogen) atoms. The number of carbonyl (C=O) groups is 1. The zero-order valence-electron chi connectivity index (χ0n) is 8.09. The van der Waals surface area contributed by atoms with Gasteiger partial charge in [0.15, 0.2) is 0 Å². The topological polar surface area (TPSA) is 55.1 Å². The lowest BCUT2D eigenvalue weighted by molar-refractivity contribution is -0.117. The third-order valence-corrected chi connectivity index (χ3v) is 2.26. The van der Waals surface area contributed by atoms with E-state index in [0.717, 1.165) is 5.56 Å². The van der Waals surface area contributed by atoms with Crippen molar-refractivity contribution in [1.29, 1.82) is 0 Å². The van der Waals surface area contributed by atoms with Crippen LogP contribution in [0.3, 0.4) is 0 Å². The summed E-state index contributed by atoms with van der Waals surface area (Å²) in [5.74, 6) is -0.626. The third kappa shape index (κ3) is 4.90. The van der Waals surface area contributed by atoms with Crippen molar-refractivity contribution in [3.05, 3.63) is 34.1 Å². The number of rotatable bonds is 5. The standard InChI is InChI=1S/C10H12BrFN2O/c11-8-3-7(4-9(12)5-8)6-14-2-1-10(13)15/h3-5,14H,1-2,6H2,(H2,13,15). The van der Waals surface area contributed by atoms with E-state index < -0.39 is 0 Å². The van der Waals surface area contributed by atoms with Crippen LogP contribution in [0.1, 0.15) is 12.0 Å². The second-order valence-electron chi connectivity index (χ2n) is 3.17. The monoisotopic (exact) mass is 274 g/mol. The summed E-state index contributed by atoms with van der Waals surface area (Å²) in [6.07, 6.45) is 0.288. The molecule has 1 rings (SSSR count). The van der Waals surface area contributed by atoms with Gasteiger partial charge in [0.05, 0.1) is 0 Å². The number of hydrogen-bond donors (Lipinski definition) is 2.